The van der Waals surface area contributed by atoms with Crippen LogP contribution in [-0.2, 0) is 0 Å². The molecule has 0 saturated carbocycles. The molecular weight excluding hydrogens is 174 g/mol. The summed E-state index contributed by atoms with van der Waals surface area (Å²) in [4.78, 5) is 0. The van der Waals surface area contributed by atoms with E-state index >= 15 is 0 Å². The van der Waals surface area contributed by atoms with Crippen LogP contribution in [0.2, 0.25) is 0 Å². The monoisotopic (exact) mass is 199 g/mol. The summed E-state index contributed by atoms with van der Waals surface area (Å²) in [7, 11) is -0.0822. The minimum absolute atomic E-state index is 0.0822. The van der Waals surface area contributed by atoms with Crippen molar-refractivity contribution in [3.63, 3.8) is 0 Å². The van der Waals surface area contributed by atoms with E-state index in [1.54, 1.807) is 0 Å². The van der Waals surface area contributed by atoms with Gasteiger partial charge in [-0.3, -0.25) is 0 Å². The first-order chi connectivity index (χ1) is 6.20. The third-order valence-corrected chi connectivity index (χ3v) is 4.27. The molecular formula is C11H25NSi. The Balaban J connectivity index is 3.72. The SMILES string of the molecule is CCCCN(CCC)[SiH2]C=C(C)C. The van der Waals surface area contributed by atoms with Crippen LogP contribution in [0.15, 0.2) is 11.3 Å². The summed E-state index contributed by atoms with van der Waals surface area (Å²) in [5.74, 6) is 0. The zero-order valence-corrected chi connectivity index (χ0v) is 11.2. The molecule has 0 unspecified atom stereocenters. The lowest BCUT2D eigenvalue weighted by atomic mass is 10.3. The highest BCUT2D eigenvalue weighted by molar-refractivity contribution is 6.38. The molecule has 0 heterocycles. The van der Waals surface area contributed by atoms with E-state index in [1.165, 1.54) is 37.9 Å². The summed E-state index contributed by atoms with van der Waals surface area (Å²) >= 11 is 0. The predicted octanol–water partition coefficient (Wildman–Crippen LogP) is 2.51. The lowest BCUT2D eigenvalue weighted by Gasteiger charge is -2.19. The molecule has 0 aromatic heterocycles. The van der Waals surface area contributed by atoms with E-state index in [0.717, 1.165) is 0 Å². The lowest BCUT2D eigenvalue weighted by Crippen LogP contribution is -2.28. The van der Waals surface area contributed by atoms with Crippen molar-refractivity contribution in [1.29, 1.82) is 0 Å². The number of hydrogen-bond acceptors (Lipinski definition) is 1. The highest BCUT2D eigenvalue weighted by Gasteiger charge is 2.00. The largest absolute Gasteiger partial charge is 0.325 e. The van der Waals surface area contributed by atoms with Crippen LogP contribution in [0.5, 0.6) is 0 Å². The zero-order valence-electron chi connectivity index (χ0n) is 9.77. The first-order valence-corrected chi connectivity index (χ1v) is 7.01. The fourth-order valence-electron chi connectivity index (χ4n) is 1.30. The Bertz CT molecular complexity index is 139. The van der Waals surface area contributed by atoms with Crippen LogP contribution in [0.3, 0.4) is 0 Å². The van der Waals surface area contributed by atoms with E-state index in [4.69, 9.17) is 0 Å². The Morgan fingerprint density at radius 1 is 1.15 bits per heavy atom. The van der Waals surface area contributed by atoms with Gasteiger partial charge in [-0.15, -0.1) is 0 Å². The van der Waals surface area contributed by atoms with Gasteiger partial charge in [0.2, 0.25) is 0 Å². The first kappa shape index (κ1) is 12.9. The van der Waals surface area contributed by atoms with Gasteiger partial charge in [0.25, 0.3) is 0 Å². The number of rotatable bonds is 7. The van der Waals surface area contributed by atoms with E-state index in [9.17, 15) is 0 Å². The summed E-state index contributed by atoms with van der Waals surface area (Å²) in [5, 5.41) is 0. The summed E-state index contributed by atoms with van der Waals surface area (Å²) in [6.07, 6.45) is 3.99. The Morgan fingerprint density at radius 3 is 2.31 bits per heavy atom. The van der Waals surface area contributed by atoms with Crippen LogP contribution < -0.4 is 0 Å². The first-order valence-electron chi connectivity index (χ1n) is 5.56. The second-order valence-electron chi connectivity index (χ2n) is 3.94. The van der Waals surface area contributed by atoms with E-state index in [2.05, 4.69) is 38.0 Å². The number of hydrogen-bond donors (Lipinski definition) is 0. The molecule has 0 aliphatic carbocycles. The molecule has 2 heteroatoms. The van der Waals surface area contributed by atoms with Crippen molar-refractivity contribution < 1.29 is 0 Å². The van der Waals surface area contributed by atoms with Crippen LogP contribution in [0.1, 0.15) is 47.0 Å². The lowest BCUT2D eigenvalue weighted by molar-refractivity contribution is 0.433. The van der Waals surface area contributed by atoms with Crippen molar-refractivity contribution in [1.82, 2.24) is 4.57 Å². The maximum Gasteiger partial charge on any atom is 0.119 e. The molecule has 0 radical (unpaired) electrons. The minimum atomic E-state index is -0.0822. The molecule has 0 N–H and O–H groups in total. The minimum Gasteiger partial charge on any atom is -0.325 e. The Hall–Kier alpha value is -0.0831. The summed E-state index contributed by atoms with van der Waals surface area (Å²) < 4.78 is 2.68. The molecule has 0 aliphatic rings. The predicted molar refractivity (Wildman–Crippen MR) is 64.7 cm³/mol. The van der Waals surface area contributed by atoms with Crippen molar-refractivity contribution in [2.24, 2.45) is 0 Å². The van der Waals surface area contributed by atoms with Gasteiger partial charge >= 0.3 is 0 Å². The van der Waals surface area contributed by atoms with Crippen LogP contribution in [-0.4, -0.2) is 27.3 Å². The Morgan fingerprint density at radius 2 is 1.85 bits per heavy atom. The molecule has 0 atom stereocenters. The van der Waals surface area contributed by atoms with Gasteiger partial charge in [0.05, 0.1) is 0 Å². The molecule has 0 amide bonds. The summed E-state index contributed by atoms with van der Waals surface area (Å²) in [5.41, 5.74) is 3.95. The molecule has 0 bridgehead atoms. The zero-order chi connectivity index (χ0) is 10.1. The average Bonchev–Trinajstić information content (AvgIpc) is 2.09. The molecule has 0 fully saturated rings. The van der Waals surface area contributed by atoms with Gasteiger partial charge in [0.1, 0.15) is 9.68 Å². The topological polar surface area (TPSA) is 3.24 Å². The van der Waals surface area contributed by atoms with Crippen LogP contribution in [0, 0.1) is 0 Å². The van der Waals surface area contributed by atoms with Gasteiger partial charge < -0.3 is 4.57 Å². The molecule has 0 saturated heterocycles. The quantitative estimate of drug-likeness (QED) is 0.570. The van der Waals surface area contributed by atoms with Gasteiger partial charge in [-0.2, -0.15) is 0 Å². The molecule has 13 heavy (non-hydrogen) atoms. The van der Waals surface area contributed by atoms with Crippen LogP contribution in [0.4, 0.5) is 0 Å². The fraction of sp³-hybridized carbons (Fsp3) is 0.818. The molecule has 0 aromatic rings. The second kappa shape index (κ2) is 8.51. The molecule has 0 spiro atoms. The standard InChI is InChI=1S/C11H25NSi/c1-5-7-9-12(8-6-2)13-10-11(3)4/h10H,5-9,13H2,1-4H3. The van der Waals surface area contributed by atoms with Crippen molar-refractivity contribution in [2.45, 2.75) is 47.0 Å². The average molecular weight is 199 g/mol. The molecule has 78 valence electrons. The smallest absolute Gasteiger partial charge is 0.119 e. The third kappa shape index (κ3) is 8.25. The van der Waals surface area contributed by atoms with E-state index in [0.29, 0.717) is 0 Å². The molecule has 0 aromatic carbocycles. The van der Waals surface area contributed by atoms with E-state index < -0.39 is 0 Å². The van der Waals surface area contributed by atoms with Crippen molar-refractivity contribution >= 4 is 9.68 Å². The number of nitrogens with zero attached hydrogens (tertiary/aromatic N) is 1. The highest BCUT2D eigenvalue weighted by atomic mass is 28.2. The van der Waals surface area contributed by atoms with Gasteiger partial charge in [-0.25, -0.2) is 0 Å². The molecule has 0 aliphatic heterocycles. The van der Waals surface area contributed by atoms with Gasteiger partial charge in [-0.05, 0) is 39.8 Å². The van der Waals surface area contributed by atoms with Crippen molar-refractivity contribution in [3.05, 3.63) is 11.3 Å². The van der Waals surface area contributed by atoms with Gasteiger partial charge in [0.15, 0.2) is 0 Å². The van der Waals surface area contributed by atoms with Gasteiger partial charge in [-0.1, -0.05) is 31.5 Å². The maximum absolute atomic E-state index is 2.68. The second-order valence-corrected chi connectivity index (χ2v) is 5.60. The maximum atomic E-state index is 2.68. The van der Waals surface area contributed by atoms with Crippen LogP contribution >= 0.6 is 0 Å². The van der Waals surface area contributed by atoms with Crippen LogP contribution in [0.25, 0.3) is 0 Å². The van der Waals surface area contributed by atoms with Crippen molar-refractivity contribution in [2.75, 3.05) is 13.1 Å². The number of allylic oxidation sites excluding steroid dienone is 1. The van der Waals surface area contributed by atoms with E-state index in [-0.39, 0.29) is 9.68 Å². The third-order valence-electron chi connectivity index (χ3n) is 2.13. The van der Waals surface area contributed by atoms with E-state index in [1.807, 2.05) is 0 Å². The van der Waals surface area contributed by atoms with Crippen molar-refractivity contribution in [3.8, 4) is 0 Å². The Kier molecular flexibility index (Phi) is 8.46. The fourth-order valence-corrected chi connectivity index (χ4v) is 2.83. The normalized spacial score (nSPS) is 11.5. The molecule has 0 rings (SSSR count). The number of unbranched alkanes of at least 4 members (excludes halogenated alkanes) is 1. The molecule has 1 nitrogen and oxygen atoms in total. The Labute approximate surface area is 86.1 Å². The van der Waals surface area contributed by atoms with Gasteiger partial charge in [0, 0.05) is 0 Å². The summed E-state index contributed by atoms with van der Waals surface area (Å²) in [6.45, 7) is 11.6. The highest BCUT2D eigenvalue weighted by Crippen LogP contribution is 1.97. The summed E-state index contributed by atoms with van der Waals surface area (Å²) in [6, 6.07) is 0.